The standard InChI is InChI=1S/C22H24F3N3O6S/c23-22(24,25)34-18-4-2-17(3-5-18)21(29)26-35(30,31)12-11-27-7-9-28(10-8-27)14-16-1-6-19-20(13-16)33-15-32-19/h1-6,13H,7-12,14-15H2,(H,26,29). The summed E-state index contributed by atoms with van der Waals surface area (Å²) in [5.41, 5.74) is 1.01. The minimum Gasteiger partial charge on any atom is -0.454 e. The van der Waals surface area contributed by atoms with Crippen LogP contribution in [0.1, 0.15) is 15.9 Å². The monoisotopic (exact) mass is 515 g/mol. The smallest absolute Gasteiger partial charge is 0.454 e. The molecule has 1 amide bonds. The lowest BCUT2D eigenvalue weighted by Gasteiger charge is -2.34. The van der Waals surface area contributed by atoms with E-state index in [1.54, 1.807) is 0 Å². The summed E-state index contributed by atoms with van der Waals surface area (Å²) in [6, 6.07) is 9.84. The van der Waals surface area contributed by atoms with Crippen LogP contribution in [0.15, 0.2) is 42.5 Å². The lowest BCUT2D eigenvalue weighted by Crippen LogP contribution is -2.48. The molecular formula is C22H24F3N3O6S. The molecule has 0 bridgehead atoms. The zero-order valence-electron chi connectivity index (χ0n) is 18.6. The predicted molar refractivity (Wildman–Crippen MR) is 119 cm³/mol. The Hall–Kier alpha value is -3.03. The van der Waals surface area contributed by atoms with E-state index in [0.717, 1.165) is 61.0 Å². The van der Waals surface area contributed by atoms with Crippen LogP contribution in [0.25, 0.3) is 0 Å². The molecule has 2 aliphatic rings. The zero-order valence-corrected chi connectivity index (χ0v) is 19.4. The second-order valence-electron chi connectivity index (χ2n) is 8.13. The van der Waals surface area contributed by atoms with Crippen LogP contribution in [-0.4, -0.2) is 75.8 Å². The molecule has 0 aromatic heterocycles. The van der Waals surface area contributed by atoms with Crippen LogP contribution in [0.3, 0.4) is 0 Å². The number of benzene rings is 2. The molecule has 9 nitrogen and oxygen atoms in total. The van der Waals surface area contributed by atoms with E-state index in [1.807, 2.05) is 27.8 Å². The number of sulfonamides is 1. The number of alkyl halides is 3. The van der Waals surface area contributed by atoms with Crippen LogP contribution in [0.4, 0.5) is 13.2 Å². The van der Waals surface area contributed by atoms with Crippen LogP contribution in [0.5, 0.6) is 17.2 Å². The normalized spacial score (nSPS) is 16.8. The molecule has 1 fully saturated rings. The van der Waals surface area contributed by atoms with Gasteiger partial charge >= 0.3 is 6.36 Å². The van der Waals surface area contributed by atoms with Crippen LogP contribution < -0.4 is 18.9 Å². The second kappa shape index (κ2) is 10.3. The number of hydrogen-bond donors (Lipinski definition) is 1. The Morgan fingerprint density at radius 3 is 2.31 bits per heavy atom. The summed E-state index contributed by atoms with van der Waals surface area (Å²) in [6.45, 7) is 4.08. The molecule has 0 aliphatic carbocycles. The predicted octanol–water partition coefficient (Wildman–Crippen LogP) is 2.19. The number of nitrogens with one attached hydrogen (secondary N) is 1. The zero-order chi connectivity index (χ0) is 25.1. The van der Waals surface area contributed by atoms with Crippen molar-refractivity contribution >= 4 is 15.9 Å². The van der Waals surface area contributed by atoms with Gasteiger partial charge in [0.25, 0.3) is 5.91 Å². The van der Waals surface area contributed by atoms with Gasteiger partial charge in [-0.15, -0.1) is 13.2 Å². The molecule has 35 heavy (non-hydrogen) atoms. The molecule has 0 atom stereocenters. The highest BCUT2D eigenvalue weighted by atomic mass is 32.2. The lowest BCUT2D eigenvalue weighted by molar-refractivity contribution is -0.274. The molecule has 13 heteroatoms. The highest BCUT2D eigenvalue weighted by Gasteiger charge is 2.31. The van der Waals surface area contributed by atoms with Gasteiger partial charge in [-0.1, -0.05) is 6.07 Å². The molecule has 1 N–H and O–H groups in total. The Balaban J connectivity index is 1.20. The Morgan fingerprint density at radius 2 is 1.63 bits per heavy atom. The summed E-state index contributed by atoms with van der Waals surface area (Å²) < 4.78 is 77.8. The minimum atomic E-state index is -4.86. The first-order chi connectivity index (χ1) is 16.6. The number of hydrogen-bond acceptors (Lipinski definition) is 8. The number of ether oxygens (including phenoxy) is 3. The third-order valence-electron chi connectivity index (χ3n) is 5.58. The molecule has 0 radical (unpaired) electrons. The van der Waals surface area contributed by atoms with Crippen molar-refractivity contribution in [3.8, 4) is 17.2 Å². The van der Waals surface area contributed by atoms with E-state index in [1.165, 1.54) is 0 Å². The Bertz CT molecular complexity index is 1150. The van der Waals surface area contributed by atoms with Crippen molar-refractivity contribution in [1.29, 1.82) is 0 Å². The Morgan fingerprint density at radius 1 is 0.971 bits per heavy atom. The summed E-state index contributed by atoms with van der Waals surface area (Å²) >= 11 is 0. The molecule has 190 valence electrons. The van der Waals surface area contributed by atoms with E-state index in [9.17, 15) is 26.4 Å². The number of nitrogens with zero attached hydrogens (tertiary/aromatic N) is 2. The number of halogens is 3. The van der Waals surface area contributed by atoms with Crippen LogP contribution in [-0.2, 0) is 16.6 Å². The molecular weight excluding hydrogens is 491 g/mol. The number of rotatable bonds is 8. The molecule has 2 aromatic rings. The maximum Gasteiger partial charge on any atom is 0.573 e. The van der Waals surface area contributed by atoms with Crippen molar-refractivity contribution in [1.82, 2.24) is 14.5 Å². The van der Waals surface area contributed by atoms with Gasteiger partial charge in [-0.3, -0.25) is 14.6 Å². The highest BCUT2D eigenvalue weighted by Crippen LogP contribution is 2.32. The second-order valence-corrected chi connectivity index (χ2v) is 9.97. The summed E-state index contributed by atoms with van der Waals surface area (Å²) in [6.07, 6.45) is -4.86. The molecule has 2 aromatic carbocycles. The van der Waals surface area contributed by atoms with Gasteiger partial charge < -0.3 is 14.2 Å². The topological polar surface area (TPSA) is 97.4 Å². The van der Waals surface area contributed by atoms with E-state index >= 15 is 0 Å². The Labute approximate surface area is 200 Å². The molecule has 0 saturated carbocycles. The van der Waals surface area contributed by atoms with Gasteiger partial charge in [-0.2, -0.15) is 0 Å². The molecule has 0 spiro atoms. The molecule has 2 aliphatic heterocycles. The molecule has 0 unspecified atom stereocenters. The minimum absolute atomic E-state index is 0.0970. The van der Waals surface area contributed by atoms with Gasteiger partial charge in [0.2, 0.25) is 16.8 Å². The van der Waals surface area contributed by atoms with Crippen molar-refractivity contribution in [3.63, 3.8) is 0 Å². The van der Waals surface area contributed by atoms with Gasteiger partial charge in [0, 0.05) is 44.8 Å². The molecule has 1 saturated heterocycles. The summed E-state index contributed by atoms with van der Waals surface area (Å²) in [7, 11) is -3.93. The number of fused-ring (bicyclic) bond motifs is 1. The number of carbonyl (C=O) groups is 1. The van der Waals surface area contributed by atoms with Crippen LogP contribution in [0, 0.1) is 0 Å². The molecule has 4 rings (SSSR count). The van der Waals surface area contributed by atoms with Gasteiger partial charge in [-0.05, 0) is 42.0 Å². The average Bonchev–Trinajstić information content (AvgIpc) is 3.26. The summed E-state index contributed by atoms with van der Waals surface area (Å²) in [4.78, 5) is 16.5. The van der Waals surface area contributed by atoms with Gasteiger partial charge in [-0.25, -0.2) is 13.1 Å². The van der Waals surface area contributed by atoms with E-state index in [0.29, 0.717) is 13.1 Å². The average molecular weight is 516 g/mol. The maximum atomic E-state index is 12.3. The SMILES string of the molecule is O=C(NS(=O)(=O)CCN1CCN(Cc2ccc3c(c2)OCO3)CC1)c1ccc(OC(F)(F)F)cc1. The van der Waals surface area contributed by atoms with Gasteiger partial charge in [0.15, 0.2) is 11.5 Å². The van der Waals surface area contributed by atoms with Crippen LogP contribution >= 0.6 is 0 Å². The van der Waals surface area contributed by atoms with Crippen molar-refractivity contribution in [2.24, 2.45) is 0 Å². The highest BCUT2D eigenvalue weighted by molar-refractivity contribution is 7.90. The fourth-order valence-corrected chi connectivity index (χ4v) is 4.78. The van der Waals surface area contributed by atoms with Crippen molar-refractivity contribution in [2.75, 3.05) is 45.3 Å². The molecule has 2 heterocycles. The van der Waals surface area contributed by atoms with Crippen molar-refractivity contribution in [3.05, 3.63) is 53.6 Å². The van der Waals surface area contributed by atoms with Gasteiger partial charge in [0.05, 0.1) is 5.75 Å². The van der Waals surface area contributed by atoms with E-state index in [-0.39, 0.29) is 24.7 Å². The maximum absolute atomic E-state index is 12.3. The fourth-order valence-electron chi connectivity index (χ4n) is 3.78. The third-order valence-corrected chi connectivity index (χ3v) is 6.80. The Kier molecular flexibility index (Phi) is 7.38. The van der Waals surface area contributed by atoms with Crippen molar-refractivity contribution < 1.29 is 40.6 Å². The summed E-state index contributed by atoms with van der Waals surface area (Å²) in [5, 5.41) is 0. The first-order valence-electron chi connectivity index (χ1n) is 10.8. The number of carbonyl (C=O) groups excluding carboxylic acids is 1. The van der Waals surface area contributed by atoms with E-state index in [2.05, 4.69) is 9.64 Å². The first-order valence-corrected chi connectivity index (χ1v) is 12.5. The summed E-state index contributed by atoms with van der Waals surface area (Å²) in [5.74, 6) is -0.235. The number of amides is 1. The van der Waals surface area contributed by atoms with Crippen molar-refractivity contribution in [2.45, 2.75) is 12.9 Å². The number of piperazine rings is 1. The van der Waals surface area contributed by atoms with Crippen LogP contribution in [0.2, 0.25) is 0 Å². The first kappa shape index (κ1) is 25.1. The van der Waals surface area contributed by atoms with E-state index in [4.69, 9.17) is 9.47 Å². The third kappa shape index (κ3) is 7.23. The largest absolute Gasteiger partial charge is 0.573 e. The fraction of sp³-hybridized carbons (Fsp3) is 0.409. The quantitative estimate of drug-likeness (QED) is 0.572. The lowest BCUT2D eigenvalue weighted by atomic mass is 10.1. The van der Waals surface area contributed by atoms with Gasteiger partial charge in [0.1, 0.15) is 5.75 Å². The van der Waals surface area contributed by atoms with E-state index < -0.39 is 28.0 Å².